The summed E-state index contributed by atoms with van der Waals surface area (Å²) in [4.78, 5) is 0. The molecule has 1 unspecified atom stereocenters. The molecule has 0 aliphatic heterocycles. The van der Waals surface area contributed by atoms with Crippen molar-refractivity contribution in [1.82, 2.24) is 0 Å². The first kappa shape index (κ1) is 10.2. The van der Waals surface area contributed by atoms with E-state index in [2.05, 4.69) is 0 Å². The molecule has 0 amide bonds. The van der Waals surface area contributed by atoms with Crippen LogP contribution in [0.25, 0.3) is 0 Å². The molecule has 3 N–H and O–H groups in total. The number of hydrogen-bond acceptors (Lipinski definition) is 2. The van der Waals surface area contributed by atoms with Crippen molar-refractivity contribution in [1.29, 1.82) is 0 Å². The van der Waals surface area contributed by atoms with E-state index < -0.39 is 3.73 Å². The predicted octanol–water partition coefficient (Wildman–Crippen LogP) is -1.14. The van der Waals surface area contributed by atoms with E-state index in [0.29, 0.717) is 0 Å². The van der Waals surface area contributed by atoms with Crippen molar-refractivity contribution in [3.05, 3.63) is 0 Å². The molecule has 0 bridgehead atoms. The average Bonchev–Trinajstić information content (AvgIpc) is 0.722. The summed E-state index contributed by atoms with van der Waals surface area (Å²) < 4.78 is -1.03. The summed E-state index contributed by atoms with van der Waals surface area (Å²) in [6, 6.07) is 0. The van der Waals surface area contributed by atoms with E-state index in [0.717, 1.165) is 0 Å². The molecule has 0 aromatic rings. The van der Waals surface area contributed by atoms with Gasteiger partial charge in [0.2, 0.25) is 0 Å². The number of halogens is 1. The summed E-state index contributed by atoms with van der Waals surface area (Å²) in [7, 11) is 0. The van der Waals surface area contributed by atoms with Gasteiger partial charge in [0, 0.05) is 0 Å². The molecular formula is C2H9AlINO. The highest BCUT2D eigenvalue weighted by atomic mass is 127. The minimum Gasteiger partial charge on any atom is -0.367 e. The molecule has 2 nitrogen and oxygen atoms in total. The van der Waals surface area contributed by atoms with Crippen molar-refractivity contribution in [2.24, 2.45) is 5.73 Å². The molecule has 0 rings (SSSR count). The molecular weight excluding hydrogens is 208 g/mol. The van der Waals surface area contributed by atoms with Crippen molar-refractivity contribution in [2.45, 2.75) is 10.7 Å². The molecule has 0 saturated carbocycles. The van der Waals surface area contributed by atoms with E-state index in [1.165, 1.54) is 6.92 Å². The summed E-state index contributed by atoms with van der Waals surface area (Å²) in [5.41, 5.74) is 4.90. The van der Waals surface area contributed by atoms with Crippen LogP contribution in [0.1, 0.15) is 6.92 Å². The molecule has 0 aliphatic rings. The van der Waals surface area contributed by atoms with Crippen LogP contribution in [0.3, 0.4) is 0 Å². The van der Waals surface area contributed by atoms with E-state index in [1.807, 2.05) is 0 Å². The van der Waals surface area contributed by atoms with Crippen molar-refractivity contribution in [2.75, 3.05) is 0 Å². The highest BCUT2D eigenvalue weighted by Crippen LogP contribution is 2.00. The van der Waals surface area contributed by atoms with Crippen LogP contribution in [-0.2, 0) is 0 Å². The van der Waals surface area contributed by atoms with E-state index in [-0.39, 0.29) is 17.4 Å². The van der Waals surface area contributed by atoms with Crippen LogP contribution in [0, 0.1) is 0 Å². The molecule has 0 saturated heterocycles. The number of nitrogens with two attached hydrogens (primary N) is 1. The quantitative estimate of drug-likeness (QED) is 0.177. The molecule has 0 spiro atoms. The topological polar surface area (TPSA) is 46.2 Å². The molecule has 38 valence electrons. The van der Waals surface area contributed by atoms with Gasteiger partial charge in [-0.2, -0.15) is 0 Å². The lowest BCUT2D eigenvalue weighted by Crippen LogP contribution is -2.26. The third kappa shape index (κ3) is 64.8. The van der Waals surface area contributed by atoms with Gasteiger partial charge in [-0.3, -0.25) is 5.73 Å². The first-order valence-corrected chi connectivity index (χ1v) is 2.28. The van der Waals surface area contributed by atoms with Gasteiger partial charge in [0.1, 0.15) is 0 Å². The number of alkyl halides is 1. The predicted molar refractivity (Wildman–Crippen MR) is 38.8 cm³/mol. The lowest BCUT2D eigenvalue weighted by Gasteiger charge is -2.02. The monoisotopic (exact) mass is 217 g/mol. The van der Waals surface area contributed by atoms with Crippen molar-refractivity contribution in [3.63, 3.8) is 0 Å². The zero-order chi connectivity index (χ0) is 4.50. The van der Waals surface area contributed by atoms with E-state index in [9.17, 15) is 0 Å². The van der Waals surface area contributed by atoms with Crippen LogP contribution in [0.4, 0.5) is 0 Å². The lowest BCUT2D eigenvalue weighted by molar-refractivity contribution is 0.185. The van der Waals surface area contributed by atoms with Crippen LogP contribution in [0.15, 0.2) is 0 Å². The Balaban J connectivity index is 0. The van der Waals surface area contributed by atoms with Gasteiger partial charge >= 0.3 is 0 Å². The number of aliphatic hydroxyl groups is 1. The summed E-state index contributed by atoms with van der Waals surface area (Å²) in [5.74, 6) is 0. The van der Waals surface area contributed by atoms with Gasteiger partial charge in [0.15, 0.2) is 21.1 Å². The second kappa shape index (κ2) is 3.22. The van der Waals surface area contributed by atoms with E-state index in [4.69, 9.17) is 10.8 Å². The van der Waals surface area contributed by atoms with E-state index in [1.54, 1.807) is 22.6 Å². The largest absolute Gasteiger partial charge is 0.367 e. The maximum Gasteiger partial charge on any atom is 0.187 e. The van der Waals surface area contributed by atoms with Crippen LogP contribution in [0.5, 0.6) is 0 Å². The number of rotatable bonds is 0. The van der Waals surface area contributed by atoms with Gasteiger partial charge in [-0.25, -0.2) is 0 Å². The standard InChI is InChI=1S/C2H6INO.Al.3H/c1-2(3,4)5;;;;/h5H,4H2,1H3;;;;. The van der Waals surface area contributed by atoms with Crippen LogP contribution < -0.4 is 5.73 Å². The normalized spacial score (nSPS) is 18.0. The molecule has 6 heavy (non-hydrogen) atoms. The van der Waals surface area contributed by atoms with Gasteiger partial charge in [-0.15, -0.1) is 0 Å². The van der Waals surface area contributed by atoms with E-state index >= 15 is 0 Å². The summed E-state index contributed by atoms with van der Waals surface area (Å²) in [6.45, 7) is 1.51. The fourth-order valence-corrected chi connectivity index (χ4v) is 0. The zero-order valence-corrected chi connectivity index (χ0v) is 5.06. The van der Waals surface area contributed by atoms with Gasteiger partial charge in [0.25, 0.3) is 0 Å². The van der Waals surface area contributed by atoms with Gasteiger partial charge in [-0.1, -0.05) is 0 Å². The van der Waals surface area contributed by atoms with Crippen LogP contribution in [0.2, 0.25) is 0 Å². The van der Waals surface area contributed by atoms with Crippen molar-refractivity contribution < 1.29 is 5.11 Å². The molecule has 0 aromatic carbocycles. The lowest BCUT2D eigenvalue weighted by atomic mass is 10.7. The third-order valence-corrected chi connectivity index (χ3v) is 0. The second-order valence-corrected chi connectivity index (χ2v) is 3.21. The average molecular weight is 217 g/mol. The molecule has 0 heterocycles. The van der Waals surface area contributed by atoms with Crippen molar-refractivity contribution >= 4 is 40.0 Å². The van der Waals surface area contributed by atoms with Crippen LogP contribution in [-0.4, -0.2) is 26.2 Å². The highest BCUT2D eigenvalue weighted by Gasteiger charge is 2.01. The molecule has 0 aliphatic carbocycles. The Kier molecular flexibility index (Phi) is 5.48. The van der Waals surface area contributed by atoms with Gasteiger partial charge in [-0.05, 0) is 29.5 Å². The van der Waals surface area contributed by atoms with Crippen LogP contribution >= 0.6 is 22.6 Å². The Labute approximate surface area is 61.4 Å². The Morgan fingerprint density at radius 3 is 1.83 bits per heavy atom. The molecule has 0 radical (unpaired) electrons. The summed E-state index contributed by atoms with van der Waals surface area (Å²) >= 11 is 1.71. The number of hydrogen-bond donors (Lipinski definition) is 2. The fourth-order valence-electron chi connectivity index (χ4n) is 0. The van der Waals surface area contributed by atoms with Crippen molar-refractivity contribution in [3.8, 4) is 0 Å². The Morgan fingerprint density at radius 2 is 1.83 bits per heavy atom. The first-order chi connectivity index (χ1) is 2.00. The smallest absolute Gasteiger partial charge is 0.187 e. The zero-order valence-electron chi connectivity index (χ0n) is 2.90. The van der Waals surface area contributed by atoms with Gasteiger partial charge in [0.05, 0.1) is 0 Å². The molecule has 1 atom stereocenters. The minimum atomic E-state index is -1.03. The fraction of sp³-hybridized carbons (Fsp3) is 1.00. The summed E-state index contributed by atoms with van der Waals surface area (Å²) in [5, 5.41) is 8.29. The highest BCUT2D eigenvalue weighted by molar-refractivity contribution is 14.1. The molecule has 0 fully saturated rings. The SMILES string of the molecule is CC(N)(O)I.[AlH3]. The maximum absolute atomic E-state index is 8.29. The van der Waals surface area contributed by atoms with Gasteiger partial charge < -0.3 is 5.11 Å². The third-order valence-electron chi connectivity index (χ3n) is 0. The molecule has 4 heteroatoms. The Hall–Kier alpha value is 1.18. The molecule has 0 aromatic heterocycles. The minimum absolute atomic E-state index is 0. The maximum atomic E-state index is 8.29. The summed E-state index contributed by atoms with van der Waals surface area (Å²) in [6.07, 6.45) is 0. The second-order valence-electron chi connectivity index (χ2n) is 1.02. The first-order valence-electron chi connectivity index (χ1n) is 1.20. The Bertz CT molecular complexity index is 29.0. The Morgan fingerprint density at radius 1 is 1.83 bits per heavy atom.